The molecule has 1 aliphatic rings. The molecule has 0 bridgehead atoms. The summed E-state index contributed by atoms with van der Waals surface area (Å²) in [5.41, 5.74) is 4.70. The van der Waals surface area contributed by atoms with Crippen LogP contribution in [0.3, 0.4) is 0 Å². The van der Waals surface area contributed by atoms with Crippen molar-refractivity contribution in [3.05, 3.63) is 62.4 Å². The van der Waals surface area contributed by atoms with Crippen LogP contribution in [-0.4, -0.2) is 28.0 Å². The van der Waals surface area contributed by atoms with Gasteiger partial charge in [0, 0.05) is 17.8 Å². The molecule has 9 heteroatoms. The predicted molar refractivity (Wildman–Crippen MR) is 90.0 cm³/mol. The van der Waals surface area contributed by atoms with E-state index in [2.05, 4.69) is 36.3 Å². The van der Waals surface area contributed by atoms with Gasteiger partial charge in [-0.05, 0) is 34.1 Å². The largest absolute Gasteiger partial charge is 0.310 e. The molecular formula is C14H11BrN6O2. The average Bonchev–Trinajstić information content (AvgIpc) is 2.73. The molecule has 0 spiro atoms. The minimum absolute atomic E-state index is 0.0776. The first-order valence-electron chi connectivity index (χ1n) is 6.58. The highest BCUT2D eigenvalue weighted by atomic mass is 79.9. The van der Waals surface area contributed by atoms with E-state index in [1.54, 1.807) is 18.3 Å². The van der Waals surface area contributed by atoms with E-state index < -0.39 is 4.92 Å². The molecule has 0 unspecified atom stereocenters. The highest BCUT2D eigenvalue weighted by Gasteiger charge is 2.22. The number of nitrogens with zero attached hydrogens (tertiary/aromatic N) is 4. The lowest BCUT2D eigenvalue weighted by atomic mass is 10.0. The van der Waals surface area contributed by atoms with Crippen LogP contribution in [0.5, 0.6) is 0 Å². The minimum Gasteiger partial charge on any atom is -0.310 e. The molecule has 1 aromatic carbocycles. The summed E-state index contributed by atoms with van der Waals surface area (Å²) < 4.78 is 0.351. The molecule has 0 saturated carbocycles. The molecule has 0 fully saturated rings. The number of fused-ring (bicyclic) bond motifs is 1. The second kappa shape index (κ2) is 6.23. The van der Waals surface area contributed by atoms with Crippen LogP contribution in [0.4, 0.5) is 11.4 Å². The first-order chi connectivity index (χ1) is 11.1. The molecule has 0 aliphatic carbocycles. The van der Waals surface area contributed by atoms with E-state index in [1.807, 2.05) is 12.1 Å². The van der Waals surface area contributed by atoms with E-state index in [0.717, 1.165) is 0 Å². The highest BCUT2D eigenvalue weighted by molar-refractivity contribution is 9.10. The van der Waals surface area contributed by atoms with Crippen molar-refractivity contribution in [3.63, 3.8) is 0 Å². The van der Waals surface area contributed by atoms with Gasteiger partial charge in [-0.25, -0.2) is 10.8 Å². The van der Waals surface area contributed by atoms with Crippen LogP contribution in [0.2, 0.25) is 0 Å². The van der Waals surface area contributed by atoms with Crippen LogP contribution in [-0.2, 0) is 0 Å². The number of nitro benzene ring substituents is 1. The number of benzene rings is 1. The zero-order chi connectivity index (χ0) is 16.4. The van der Waals surface area contributed by atoms with Gasteiger partial charge in [-0.1, -0.05) is 6.07 Å². The minimum atomic E-state index is -0.474. The molecule has 2 heterocycles. The van der Waals surface area contributed by atoms with Gasteiger partial charge in [-0.15, -0.1) is 0 Å². The number of nitrogens with one attached hydrogen (secondary N) is 1. The maximum absolute atomic E-state index is 11.1. The normalized spacial score (nSPS) is 13.5. The Kier molecular flexibility index (Phi) is 4.13. The number of amidine groups is 1. The van der Waals surface area contributed by atoms with Crippen LogP contribution in [0.25, 0.3) is 0 Å². The topological polar surface area (TPSA) is 119 Å². The number of pyridine rings is 1. The zero-order valence-corrected chi connectivity index (χ0v) is 13.3. The van der Waals surface area contributed by atoms with E-state index >= 15 is 0 Å². The van der Waals surface area contributed by atoms with Crippen LogP contribution >= 0.6 is 15.9 Å². The highest BCUT2D eigenvalue weighted by Crippen LogP contribution is 2.35. The summed E-state index contributed by atoms with van der Waals surface area (Å²) in [7, 11) is 0. The van der Waals surface area contributed by atoms with E-state index in [0.29, 0.717) is 33.0 Å². The lowest BCUT2D eigenvalue weighted by Gasteiger charge is -2.08. The summed E-state index contributed by atoms with van der Waals surface area (Å²) in [6.45, 7) is 0.225. The van der Waals surface area contributed by atoms with Crippen molar-refractivity contribution in [2.75, 3.05) is 6.54 Å². The summed E-state index contributed by atoms with van der Waals surface area (Å²) in [5, 5.41) is 11.1. The fourth-order valence-electron chi connectivity index (χ4n) is 2.19. The van der Waals surface area contributed by atoms with Crippen molar-refractivity contribution >= 4 is 38.9 Å². The number of hydrogen-bond acceptors (Lipinski definition) is 7. The number of nitrogens with two attached hydrogens (primary N) is 1. The maximum Gasteiger partial charge on any atom is 0.285 e. The zero-order valence-electron chi connectivity index (χ0n) is 11.7. The number of nitro groups is 1. The van der Waals surface area contributed by atoms with Crippen molar-refractivity contribution in [3.8, 4) is 0 Å². The van der Waals surface area contributed by atoms with Crippen molar-refractivity contribution in [1.82, 2.24) is 10.4 Å². The standard InChI is InChI=1S/C14H11BrN6O2/c15-9-5-8-11(6-12(9)21(22)23)19-13(20-16)7-18-14(8)10-3-1-2-4-17-10/h1-6H,7,16H2,(H,19,20). The van der Waals surface area contributed by atoms with E-state index in [4.69, 9.17) is 5.84 Å². The molecule has 0 saturated heterocycles. The van der Waals surface area contributed by atoms with Gasteiger partial charge >= 0.3 is 0 Å². The summed E-state index contributed by atoms with van der Waals surface area (Å²) in [6.07, 6.45) is 1.66. The summed E-state index contributed by atoms with van der Waals surface area (Å²) >= 11 is 3.23. The maximum atomic E-state index is 11.1. The van der Waals surface area contributed by atoms with Gasteiger partial charge in [0.2, 0.25) is 0 Å². The van der Waals surface area contributed by atoms with E-state index in [1.165, 1.54) is 6.07 Å². The van der Waals surface area contributed by atoms with Crippen molar-refractivity contribution < 1.29 is 4.92 Å². The summed E-state index contributed by atoms with van der Waals surface area (Å²) in [6, 6.07) is 8.48. The number of rotatable bonds is 2. The Morgan fingerprint density at radius 1 is 1.35 bits per heavy atom. The van der Waals surface area contributed by atoms with E-state index in [9.17, 15) is 10.1 Å². The molecule has 0 atom stereocenters. The Morgan fingerprint density at radius 2 is 2.17 bits per heavy atom. The Morgan fingerprint density at radius 3 is 2.83 bits per heavy atom. The summed E-state index contributed by atoms with van der Waals surface area (Å²) in [5.74, 6) is 5.84. The predicted octanol–water partition coefficient (Wildman–Crippen LogP) is 2.10. The van der Waals surface area contributed by atoms with Crippen LogP contribution < -0.4 is 11.3 Å². The number of aliphatic imine (C=N–C) groups is 2. The fraction of sp³-hybridized carbons (Fsp3) is 0.0714. The third-order valence-corrected chi connectivity index (χ3v) is 3.87. The van der Waals surface area contributed by atoms with Gasteiger partial charge < -0.3 is 5.43 Å². The SMILES string of the molecule is NNC1=Nc2cc([N+](=O)[O-])c(Br)cc2C(c2ccccn2)=NC1. The Balaban J connectivity index is 2.24. The van der Waals surface area contributed by atoms with Gasteiger partial charge in [0.25, 0.3) is 5.69 Å². The average molecular weight is 375 g/mol. The molecule has 1 aliphatic heterocycles. The van der Waals surface area contributed by atoms with E-state index in [-0.39, 0.29) is 12.2 Å². The molecule has 23 heavy (non-hydrogen) atoms. The quantitative estimate of drug-likeness (QED) is 0.473. The third kappa shape index (κ3) is 2.96. The number of hydrogen-bond donors (Lipinski definition) is 2. The molecule has 2 aromatic rings. The van der Waals surface area contributed by atoms with Crippen LogP contribution in [0.1, 0.15) is 11.3 Å². The third-order valence-electron chi connectivity index (χ3n) is 3.23. The van der Waals surface area contributed by atoms with Gasteiger partial charge in [0.1, 0.15) is 5.84 Å². The Labute approximate surface area is 139 Å². The molecule has 116 valence electrons. The lowest BCUT2D eigenvalue weighted by Crippen LogP contribution is -2.32. The van der Waals surface area contributed by atoms with Gasteiger partial charge in [0.15, 0.2) is 0 Å². The van der Waals surface area contributed by atoms with Crippen molar-refractivity contribution in [2.45, 2.75) is 0 Å². The van der Waals surface area contributed by atoms with Gasteiger partial charge in [-0.3, -0.25) is 20.1 Å². The van der Waals surface area contributed by atoms with Crippen LogP contribution in [0.15, 0.2) is 51.0 Å². The molecule has 3 N–H and O–H groups in total. The second-order valence-electron chi connectivity index (χ2n) is 4.66. The Hall–Kier alpha value is -2.65. The molecule has 0 amide bonds. The van der Waals surface area contributed by atoms with Crippen LogP contribution in [0, 0.1) is 10.1 Å². The number of aromatic nitrogens is 1. The van der Waals surface area contributed by atoms with Gasteiger partial charge in [0.05, 0.1) is 33.0 Å². The van der Waals surface area contributed by atoms with Crippen molar-refractivity contribution in [1.29, 1.82) is 0 Å². The molecular weight excluding hydrogens is 364 g/mol. The lowest BCUT2D eigenvalue weighted by molar-refractivity contribution is -0.385. The number of halogens is 1. The molecule has 3 rings (SSSR count). The monoisotopic (exact) mass is 374 g/mol. The molecule has 0 radical (unpaired) electrons. The number of hydrazine groups is 1. The van der Waals surface area contributed by atoms with Crippen molar-refractivity contribution in [2.24, 2.45) is 15.8 Å². The Bertz CT molecular complexity index is 835. The first-order valence-corrected chi connectivity index (χ1v) is 7.38. The van der Waals surface area contributed by atoms with Gasteiger partial charge in [-0.2, -0.15) is 0 Å². The molecule has 1 aromatic heterocycles. The second-order valence-corrected chi connectivity index (χ2v) is 5.51. The smallest absolute Gasteiger partial charge is 0.285 e. The molecule has 8 nitrogen and oxygen atoms in total. The fourth-order valence-corrected chi connectivity index (χ4v) is 2.68. The summed E-state index contributed by atoms with van der Waals surface area (Å²) in [4.78, 5) is 23.8. The first kappa shape index (κ1) is 15.3.